The van der Waals surface area contributed by atoms with Gasteiger partial charge in [-0.15, -0.1) is 22.7 Å². The zero-order valence-electron chi connectivity index (χ0n) is 28.2. The molecule has 0 radical (unpaired) electrons. The Morgan fingerprint density at radius 3 is 1.38 bits per heavy atom. The number of para-hydroxylation sites is 2. The van der Waals surface area contributed by atoms with Crippen LogP contribution in [-0.4, -0.2) is 0 Å². The quantitative estimate of drug-likeness (QED) is 0.163. The average Bonchev–Trinajstić information content (AvgIpc) is 3.79. The second-order valence-corrected chi connectivity index (χ2v) is 15.0. The van der Waals surface area contributed by atoms with Crippen molar-refractivity contribution in [3.8, 4) is 11.1 Å². The highest BCUT2D eigenvalue weighted by atomic mass is 32.1. The van der Waals surface area contributed by atoms with Gasteiger partial charge in [0.05, 0.1) is 20.8 Å². The van der Waals surface area contributed by atoms with E-state index in [1.807, 2.05) is 22.7 Å². The molecule has 52 heavy (non-hydrogen) atoms. The number of nitrogens with zero attached hydrogens (tertiary/aromatic N) is 2. The zero-order valence-corrected chi connectivity index (χ0v) is 29.8. The predicted molar refractivity (Wildman–Crippen MR) is 227 cm³/mol. The fraction of sp³-hybridized carbons (Fsp3) is 0. The molecule has 0 aliphatic carbocycles. The third-order valence-electron chi connectivity index (χ3n) is 9.85. The van der Waals surface area contributed by atoms with Crippen LogP contribution in [0.1, 0.15) is 0 Å². The highest BCUT2D eigenvalue weighted by Gasteiger charge is 2.22. The molecule has 4 heteroatoms. The average molecular weight is 701 g/mol. The standard InChI is InChI=1S/C48H32N2S2/c1-4-14-33(15-5-1)34-26-28-37(29-27-34)49(35-16-6-2-7-17-35)43-23-12-21-41-42-22-13-24-44(48(42)52-47(41)43)50(36-18-8-3-9-19-36)38-30-31-40-39-20-10-11-25-45(39)51-46(40)32-38/h1-32H. The van der Waals surface area contributed by atoms with Crippen LogP contribution >= 0.6 is 22.7 Å². The maximum atomic E-state index is 2.43. The Labute approximate surface area is 310 Å². The van der Waals surface area contributed by atoms with Crippen molar-refractivity contribution in [3.05, 3.63) is 194 Å². The van der Waals surface area contributed by atoms with Gasteiger partial charge >= 0.3 is 0 Å². The number of hydrogen-bond donors (Lipinski definition) is 0. The molecule has 0 aliphatic heterocycles. The number of hydrogen-bond acceptors (Lipinski definition) is 4. The summed E-state index contributed by atoms with van der Waals surface area (Å²) in [7, 11) is 0. The van der Waals surface area contributed by atoms with Crippen LogP contribution in [-0.2, 0) is 0 Å². The lowest BCUT2D eigenvalue weighted by atomic mass is 10.0. The Bertz CT molecular complexity index is 2840. The van der Waals surface area contributed by atoms with E-state index in [0.717, 1.165) is 22.7 Å². The minimum atomic E-state index is 1.12. The highest BCUT2D eigenvalue weighted by molar-refractivity contribution is 7.27. The van der Waals surface area contributed by atoms with Crippen LogP contribution in [0.4, 0.5) is 34.1 Å². The monoisotopic (exact) mass is 700 g/mol. The molecular weight excluding hydrogens is 669 g/mol. The third kappa shape index (κ3) is 5.24. The van der Waals surface area contributed by atoms with Crippen LogP contribution < -0.4 is 9.80 Å². The van der Waals surface area contributed by atoms with Crippen molar-refractivity contribution in [1.29, 1.82) is 0 Å². The fourth-order valence-corrected chi connectivity index (χ4v) is 9.89. The number of rotatable bonds is 7. The van der Waals surface area contributed by atoms with Gasteiger partial charge in [0.2, 0.25) is 0 Å². The molecule has 0 atom stereocenters. The molecule has 0 aliphatic rings. The molecule has 246 valence electrons. The first kappa shape index (κ1) is 30.6. The minimum absolute atomic E-state index is 1.12. The SMILES string of the molecule is c1ccc(-c2ccc(N(c3ccccc3)c3cccc4c3sc3c(N(c5ccccc5)c5ccc6c(c5)sc5ccccc56)cccc34)cc2)cc1. The number of fused-ring (bicyclic) bond motifs is 6. The van der Waals surface area contributed by atoms with Gasteiger partial charge < -0.3 is 9.80 Å². The zero-order chi connectivity index (χ0) is 34.4. The summed E-state index contributed by atoms with van der Waals surface area (Å²) >= 11 is 3.74. The van der Waals surface area contributed by atoms with Crippen molar-refractivity contribution < 1.29 is 0 Å². The number of benzene rings is 8. The summed E-state index contributed by atoms with van der Waals surface area (Å²) in [5, 5.41) is 5.14. The number of thiophene rings is 2. The van der Waals surface area contributed by atoms with Crippen molar-refractivity contribution in [2.75, 3.05) is 9.80 Å². The Hall–Kier alpha value is -6.20. The lowest BCUT2D eigenvalue weighted by Crippen LogP contribution is -2.09. The third-order valence-corrected chi connectivity index (χ3v) is 12.2. The Morgan fingerprint density at radius 2 is 0.750 bits per heavy atom. The van der Waals surface area contributed by atoms with E-state index in [1.54, 1.807) is 0 Å². The van der Waals surface area contributed by atoms with E-state index in [4.69, 9.17) is 0 Å². The Morgan fingerprint density at radius 1 is 0.288 bits per heavy atom. The molecule has 2 aromatic heterocycles. The molecule has 2 nitrogen and oxygen atoms in total. The van der Waals surface area contributed by atoms with Crippen molar-refractivity contribution in [2.24, 2.45) is 0 Å². The summed E-state index contributed by atoms with van der Waals surface area (Å²) in [4.78, 5) is 4.83. The van der Waals surface area contributed by atoms with Crippen LogP contribution in [0.2, 0.25) is 0 Å². The first-order valence-electron chi connectivity index (χ1n) is 17.5. The summed E-state index contributed by atoms with van der Waals surface area (Å²) in [5.41, 5.74) is 9.31. The Kier molecular flexibility index (Phi) is 7.56. The van der Waals surface area contributed by atoms with Gasteiger partial charge in [0.25, 0.3) is 0 Å². The van der Waals surface area contributed by atoms with Crippen LogP contribution in [0.25, 0.3) is 51.5 Å². The summed E-state index contributed by atoms with van der Waals surface area (Å²) in [6.45, 7) is 0. The molecule has 0 fully saturated rings. The van der Waals surface area contributed by atoms with E-state index < -0.39 is 0 Å². The Balaban J connectivity index is 1.16. The maximum Gasteiger partial charge on any atom is 0.0640 e. The maximum absolute atomic E-state index is 2.43. The second-order valence-electron chi connectivity index (χ2n) is 12.9. The van der Waals surface area contributed by atoms with Gasteiger partial charge in [-0.2, -0.15) is 0 Å². The lowest BCUT2D eigenvalue weighted by molar-refractivity contribution is 1.30. The van der Waals surface area contributed by atoms with Gasteiger partial charge in [-0.3, -0.25) is 0 Å². The van der Waals surface area contributed by atoms with Gasteiger partial charge in [-0.05, 0) is 77.9 Å². The molecule has 0 amide bonds. The normalized spacial score (nSPS) is 11.5. The predicted octanol–water partition coefficient (Wildman–Crippen LogP) is 15.0. The van der Waals surface area contributed by atoms with E-state index in [9.17, 15) is 0 Å². The van der Waals surface area contributed by atoms with Crippen LogP contribution in [0, 0.1) is 0 Å². The molecule has 0 bridgehead atoms. The summed E-state index contributed by atoms with van der Waals surface area (Å²) in [6.07, 6.45) is 0. The van der Waals surface area contributed by atoms with Gasteiger partial charge in [-0.1, -0.05) is 127 Å². The minimum Gasteiger partial charge on any atom is -0.309 e. The highest BCUT2D eigenvalue weighted by Crippen LogP contribution is 2.49. The smallest absolute Gasteiger partial charge is 0.0640 e. The van der Waals surface area contributed by atoms with Crippen molar-refractivity contribution >= 4 is 97.1 Å². The molecule has 0 unspecified atom stereocenters. The van der Waals surface area contributed by atoms with Crippen molar-refractivity contribution in [2.45, 2.75) is 0 Å². The van der Waals surface area contributed by atoms with Gasteiger partial charge in [0.15, 0.2) is 0 Å². The molecule has 0 saturated carbocycles. The van der Waals surface area contributed by atoms with E-state index in [0.29, 0.717) is 0 Å². The molecule has 0 spiro atoms. The lowest BCUT2D eigenvalue weighted by Gasteiger charge is -2.26. The van der Waals surface area contributed by atoms with Crippen LogP contribution in [0.3, 0.4) is 0 Å². The van der Waals surface area contributed by atoms with Crippen molar-refractivity contribution in [3.63, 3.8) is 0 Å². The van der Waals surface area contributed by atoms with E-state index in [-0.39, 0.29) is 0 Å². The first-order valence-corrected chi connectivity index (χ1v) is 19.1. The van der Waals surface area contributed by atoms with Gasteiger partial charge in [0.1, 0.15) is 0 Å². The molecule has 10 rings (SSSR count). The molecule has 0 N–H and O–H groups in total. The van der Waals surface area contributed by atoms with Gasteiger partial charge in [-0.25, -0.2) is 0 Å². The second kappa shape index (κ2) is 12.8. The van der Waals surface area contributed by atoms with E-state index in [1.165, 1.54) is 62.8 Å². The molecule has 0 saturated heterocycles. The molecular formula is C48H32N2S2. The topological polar surface area (TPSA) is 6.48 Å². The molecule has 8 aromatic carbocycles. The summed E-state index contributed by atoms with van der Waals surface area (Å²) in [6, 6.07) is 70.2. The van der Waals surface area contributed by atoms with Gasteiger partial charge in [0, 0.05) is 53.7 Å². The fourth-order valence-electron chi connectivity index (χ4n) is 7.44. The largest absolute Gasteiger partial charge is 0.309 e. The summed E-state index contributed by atoms with van der Waals surface area (Å²) in [5.74, 6) is 0. The van der Waals surface area contributed by atoms with E-state index >= 15 is 0 Å². The van der Waals surface area contributed by atoms with Crippen molar-refractivity contribution in [1.82, 2.24) is 0 Å². The first-order chi connectivity index (χ1) is 25.8. The van der Waals surface area contributed by atoms with Crippen LogP contribution in [0.5, 0.6) is 0 Å². The summed E-state index contributed by atoms with van der Waals surface area (Å²) < 4.78 is 5.13. The van der Waals surface area contributed by atoms with E-state index in [2.05, 4.69) is 204 Å². The van der Waals surface area contributed by atoms with Crippen LogP contribution in [0.15, 0.2) is 194 Å². The molecule has 10 aromatic rings. The molecule has 2 heterocycles. The number of anilines is 6.